The number of carbonyl (C=O) groups excluding carboxylic acids is 2. The number of hydrogen-bond acceptors (Lipinski definition) is 4. The van der Waals surface area contributed by atoms with Gasteiger partial charge in [-0.15, -0.1) is 0 Å². The van der Waals surface area contributed by atoms with Crippen LogP contribution in [-0.4, -0.2) is 57.3 Å². The molecule has 4 rings (SSSR count). The molecule has 0 saturated carbocycles. The zero-order valence-electron chi connectivity index (χ0n) is 14.8. The maximum Gasteiger partial charge on any atom is 0.274 e. The van der Waals surface area contributed by atoms with Crippen LogP contribution in [0.15, 0.2) is 48.9 Å². The fourth-order valence-corrected chi connectivity index (χ4v) is 4.25. The third-order valence-corrected chi connectivity index (χ3v) is 5.89. The number of hydrogen-bond donors (Lipinski definition) is 0. The van der Waals surface area contributed by atoms with Crippen LogP contribution in [-0.2, 0) is 4.79 Å². The topological polar surface area (TPSA) is 66.4 Å². The first-order valence-electron chi connectivity index (χ1n) is 8.99. The zero-order valence-corrected chi connectivity index (χ0v) is 14.8. The lowest BCUT2D eigenvalue weighted by atomic mass is 9.81. The van der Waals surface area contributed by atoms with Crippen LogP contribution in [0, 0.1) is 0 Å². The van der Waals surface area contributed by atoms with Gasteiger partial charge in [0.1, 0.15) is 5.69 Å². The SMILES string of the molecule is CN1C(=O)[C@@H](c2ccccc2)CC12CCN(C(=O)c1cnccn1)CC2. The predicted octanol–water partition coefficient (Wildman–Crippen LogP) is 2.10. The predicted molar refractivity (Wildman–Crippen MR) is 96.5 cm³/mol. The Morgan fingerprint density at radius 1 is 1.15 bits per heavy atom. The van der Waals surface area contributed by atoms with Crippen molar-refractivity contribution in [1.29, 1.82) is 0 Å². The standard InChI is InChI=1S/C20H22N4O2/c1-23-18(25)16(15-5-3-2-4-6-15)13-20(23)7-11-24(12-8-20)19(26)17-14-21-9-10-22-17/h2-6,9-10,14,16H,7-8,11-13H2,1H3/t16-/m1/s1. The maximum atomic E-state index is 12.8. The van der Waals surface area contributed by atoms with Gasteiger partial charge in [0.15, 0.2) is 0 Å². The molecule has 2 aromatic rings. The average molecular weight is 350 g/mol. The van der Waals surface area contributed by atoms with Gasteiger partial charge in [-0.05, 0) is 24.8 Å². The highest BCUT2D eigenvalue weighted by Gasteiger charge is 2.50. The summed E-state index contributed by atoms with van der Waals surface area (Å²) in [7, 11) is 1.91. The zero-order chi connectivity index (χ0) is 18.1. The Kier molecular flexibility index (Phi) is 4.18. The van der Waals surface area contributed by atoms with E-state index in [0.29, 0.717) is 18.8 Å². The summed E-state index contributed by atoms with van der Waals surface area (Å²) in [6, 6.07) is 9.99. The molecule has 0 unspecified atom stereocenters. The van der Waals surface area contributed by atoms with Crippen LogP contribution in [0.1, 0.15) is 41.2 Å². The fraction of sp³-hybridized carbons (Fsp3) is 0.400. The number of benzene rings is 1. The van der Waals surface area contributed by atoms with Gasteiger partial charge in [0.25, 0.3) is 5.91 Å². The molecule has 2 aliphatic rings. The van der Waals surface area contributed by atoms with Crippen LogP contribution in [0.3, 0.4) is 0 Å². The molecule has 6 nitrogen and oxygen atoms in total. The number of likely N-dealkylation sites (N-methyl/N-ethyl adjacent to an activating group) is 1. The fourth-order valence-electron chi connectivity index (χ4n) is 4.25. The second kappa shape index (κ2) is 6.52. The van der Waals surface area contributed by atoms with Crippen molar-refractivity contribution in [3.8, 4) is 0 Å². The Hall–Kier alpha value is -2.76. The molecule has 1 atom stereocenters. The third kappa shape index (κ3) is 2.75. The second-order valence-corrected chi connectivity index (χ2v) is 7.17. The van der Waals surface area contributed by atoms with Gasteiger partial charge >= 0.3 is 0 Å². The summed E-state index contributed by atoms with van der Waals surface area (Å²) >= 11 is 0. The highest BCUT2D eigenvalue weighted by molar-refractivity contribution is 5.92. The lowest BCUT2D eigenvalue weighted by Gasteiger charge is -2.43. The largest absolute Gasteiger partial charge is 0.339 e. The number of piperidine rings is 1. The number of nitrogens with zero attached hydrogens (tertiary/aromatic N) is 4. The number of carbonyl (C=O) groups is 2. The minimum absolute atomic E-state index is 0.0801. The maximum absolute atomic E-state index is 12.8. The molecule has 134 valence electrons. The molecule has 1 aromatic heterocycles. The van der Waals surface area contributed by atoms with E-state index in [0.717, 1.165) is 24.8 Å². The third-order valence-electron chi connectivity index (χ3n) is 5.89. The van der Waals surface area contributed by atoms with Crippen molar-refractivity contribution in [3.63, 3.8) is 0 Å². The Balaban J connectivity index is 1.48. The highest BCUT2D eigenvalue weighted by Crippen LogP contribution is 2.44. The molecule has 26 heavy (non-hydrogen) atoms. The molecule has 1 spiro atoms. The van der Waals surface area contributed by atoms with Gasteiger partial charge in [0, 0.05) is 38.1 Å². The summed E-state index contributed by atoms with van der Waals surface area (Å²) in [6.45, 7) is 1.27. The molecular formula is C20H22N4O2. The smallest absolute Gasteiger partial charge is 0.274 e. The van der Waals surface area contributed by atoms with Gasteiger partial charge in [0.2, 0.25) is 5.91 Å². The normalized spacial score (nSPS) is 22.0. The molecule has 2 fully saturated rings. The van der Waals surface area contributed by atoms with Gasteiger partial charge in [-0.25, -0.2) is 4.98 Å². The van der Waals surface area contributed by atoms with Crippen molar-refractivity contribution in [1.82, 2.24) is 19.8 Å². The number of amides is 2. The molecule has 1 aromatic carbocycles. The van der Waals surface area contributed by atoms with E-state index in [2.05, 4.69) is 9.97 Å². The number of rotatable bonds is 2. The Labute approximate surface area is 152 Å². The number of likely N-dealkylation sites (tertiary alicyclic amines) is 2. The van der Waals surface area contributed by atoms with E-state index < -0.39 is 0 Å². The quantitative estimate of drug-likeness (QED) is 0.832. The van der Waals surface area contributed by atoms with Crippen molar-refractivity contribution in [2.75, 3.05) is 20.1 Å². The van der Waals surface area contributed by atoms with Crippen LogP contribution in [0.25, 0.3) is 0 Å². The lowest BCUT2D eigenvalue weighted by molar-refractivity contribution is -0.131. The van der Waals surface area contributed by atoms with Crippen LogP contribution in [0.4, 0.5) is 0 Å². The molecule has 2 saturated heterocycles. The van der Waals surface area contributed by atoms with Crippen molar-refractivity contribution in [2.24, 2.45) is 0 Å². The van der Waals surface area contributed by atoms with E-state index in [9.17, 15) is 9.59 Å². The van der Waals surface area contributed by atoms with Crippen LogP contribution < -0.4 is 0 Å². The first-order valence-corrected chi connectivity index (χ1v) is 8.99. The van der Waals surface area contributed by atoms with Gasteiger partial charge < -0.3 is 9.80 Å². The molecule has 0 radical (unpaired) electrons. The highest BCUT2D eigenvalue weighted by atomic mass is 16.2. The monoisotopic (exact) mass is 350 g/mol. The molecule has 2 aliphatic heterocycles. The lowest BCUT2D eigenvalue weighted by Crippen LogP contribution is -2.52. The minimum Gasteiger partial charge on any atom is -0.339 e. The Bertz CT molecular complexity index is 801. The van der Waals surface area contributed by atoms with Gasteiger partial charge in [-0.1, -0.05) is 30.3 Å². The number of aromatic nitrogens is 2. The first-order chi connectivity index (χ1) is 12.6. The van der Waals surface area contributed by atoms with E-state index in [1.54, 1.807) is 6.20 Å². The summed E-state index contributed by atoms with van der Waals surface area (Å²) in [6.07, 6.45) is 7.01. The van der Waals surface area contributed by atoms with Crippen LogP contribution >= 0.6 is 0 Å². The van der Waals surface area contributed by atoms with E-state index in [4.69, 9.17) is 0 Å². The molecular weight excluding hydrogens is 328 g/mol. The Morgan fingerprint density at radius 3 is 2.54 bits per heavy atom. The van der Waals surface area contributed by atoms with Crippen LogP contribution in [0.5, 0.6) is 0 Å². The van der Waals surface area contributed by atoms with Gasteiger partial charge in [-0.3, -0.25) is 14.6 Å². The molecule has 0 aliphatic carbocycles. The molecule has 6 heteroatoms. The minimum atomic E-state index is -0.156. The van der Waals surface area contributed by atoms with Crippen LogP contribution in [0.2, 0.25) is 0 Å². The van der Waals surface area contributed by atoms with Crippen molar-refractivity contribution < 1.29 is 9.59 Å². The molecule has 3 heterocycles. The molecule has 0 bridgehead atoms. The summed E-state index contributed by atoms with van der Waals surface area (Å²) in [5.41, 5.74) is 1.30. The summed E-state index contributed by atoms with van der Waals surface area (Å²) in [5.74, 6) is 0.0212. The van der Waals surface area contributed by atoms with Crippen molar-refractivity contribution in [3.05, 3.63) is 60.2 Å². The van der Waals surface area contributed by atoms with E-state index in [-0.39, 0.29) is 23.3 Å². The summed E-state index contributed by atoms with van der Waals surface area (Å²) < 4.78 is 0. The molecule has 0 N–H and O–H groups in total. The van der Waals surface area contributed by atoms with Crippen molar-refractivity contribution in [2.45, 2.75) is 30.7 Å². The van der Waals surface area contributed by atoms with Crippen molar-refractivity contribution >= 4 is 11.8 Å². The van der Waals surface area contributed by atoms with Gasteiger partial charge in [0.05, 0.1) is 12.1 Å². The first kappa shape index (κ1) is 16.7. The second-order valence-electron chi connectivity index (χ2n) is 7.17. The molecule has 2 amide bonds. The van der Waals surface area contributed by atoms with E-state index in [1.165, 1.54) is 12.4 Å². The Morgan fingerprint density at radius 2 is 1.88 bits per heavy atom. The average Bonchev–Trinajstić information content (AvgIpc) is 2.95. The van der Waals surface area contributed by atoms with E-state index >= 15 is 0 Å². The van der Waals surface area contributed by atoms with E-state index in [1.807, 2.05) is 47.2 Å². The van der Waals surface area contributed by atoms with Gasteiger partial charge in [-0.2, -0.15) is 0 Å². The summed E-state index contributed by atoms with van der Waals surface area (Å²) in [5, 5.41) is 0. The summed E-state index contributed by atoms with van der Waals surface area (Å²) in [4.78, 5) is 37.2.